The summed E-state index contributed by atoms with van der Waals surface area (Å²) in [4.78, 5) is 0. The van der Waals surface area contributed by atoms with Crippen molar-refractivity contribution < 1.29 is 0 Å². The Kier molecular flexibility index (Phi) is 3.48. The number of hydrogen-bond donors (Lipinski definition) is 1. The normalized spacial score (nSPS) is 17.6. The Hall–Kier alpha value is -0.730. The van der Waals surface area contributed by atoms with E-state index >= 15 is 0 Å². The van der Waals surface area contributed by atoms with Gasteiger partial charge in [0.2, 0.25) is 0 Å². The van der Waals surface area contributed by atoms with E-state index in [1.807, 2.05) is 12.1 Å². The maximum atomic E-state index is 6.31. The first-order chi connectivity index (χ1) is 9.08. The van der Waals surface area contributed by atoms with E-state index in [2.05, 4.69) is 6.07 Å². The van der Waals surface area contributed by atoms with Gasteiger partial charge in [-0.25, -0.2) is 0 Å². The van der Waals surface area contributed by atoms with Gasteiger partial charge < -0.3 is 5.73 Å². The molecule has 0 bridgehead atoms. The molecule has 0 saturated heterocycles. The number of benzene rings is 2. The van der Waals surface area contributed by atoms with Crippen molar-refractivity contribution in [2.45, 2.75) is 18.9 Å². The second-order valence-electron chi connectivity index (χ2n) is 4.76. The Morgan fingerprint density at radius 1 is 1.05 bits per heavy atom. The van der Waals surface area contributed by atoms with Crippen LogP contribution in [0, 0.1) is 0 Å². The highest BCUT2D eigenvalue weighted by Crippen LogP contribution is 2.43. The highest BCUT2D eigenvalue weighted by atomic mass is 35.5. The lowest BCUT2D eigenvalue weighted by molar-refractivity contribution is 0.713. The minimum atomic E-state index is 0.111. The first-order valence-electron chi connectivity index (χ1n) is 6.10. The van der Waals surface area contributed by atoms with Crippen LogP contribution < -0.4 is 5.73 Å². The molecule has 19 heavy (non-hydrogen) atoms. The van der Waals surface area contributed by atoms with Gasteiger partial charge >= 0.3 is 0 Å². The lowest BCUT2D eigenvalue weighted by Gasteiger charge is -2.13. The summed E-state index contributed by atoms with van der Waals surface area (Å²) >= 11 is 18.6. The molecule has 0 saturated carbocycles. The summed E-state index contributed by atoms with van der Waals surface area (Å²) in [6.07, 6.45) is 1.93. The van der Waals surface area contributed by atoms with Gasteiger partial charge in [0.05, 0.1) is 10.0 Å². The van der Waals surface area contributed by atoms with Crippen molar-refractivity contribution in [2.75, 3.05) is 0 Å². The SMILES string of the molecule is NC1CCc2c(-c3c(Cl)cc(Cl)cc3Cl)cccc21. The van der Waals surface area contributed by atoms with Crippen LogP contribution in [0.2, 0.25) is 15.1 Å². The number of fused-ring (bicyclic) bond motifs is 1. The molecular formula is C15H12Cl3N. The third-order valence-electron chi connectivity index (χ3n) is 3.59. The van der Waals surface area contributed by atoms with E-state index in [4.69, 9.17) is 40.5 Å². The zero-order chi connectivity index (χ0) is 13.6. The zero-order valence-corrected chi connectivity index (χ0v) is 12.4. The van der Waals surface area contributed by atoms with Crippen molar-refractivity contribution in [3.8, 4) is 11.1 Å². The minimum absolute atomic E-state index is 0.111. The summed E-state index contributed by atoms with van der Waals surface area (Å²) in [5, 5.41) is 1.70. The van der Waals surface area contributed by atoms with Crippen molar-refractivity contribution in [1.29, 1.82) is 0 Å². The van der Waals surface area contributed by atoms with E-state index in [0.29, 0.717) is 15.1 Å². The van der Waals surface area contributed by atoms with Crippen molar-refractivity contribution in [3.63, 3.8) is 0 Å². The van der Waals surface area contributed by atoms with Crippen LogP contribution in [0.5, 0.6) is 0 Å². The molecule has 4 heteroatoms. The van der Waals surface area contributed by atoms with Crippen LogP contribution in [-0.4, -0.2) is 0 Å². The van der Waals surface area contributed by atoms with E-state index in [-0.39, 0.29) is 6.04 Å². The third kappa shape index (κ3) is 2.25. The molecule has 2 aromatic carbocycles. The molecule has 1 unspecified atom stereocenters. The maximum Gasteiger partial charge on any atom is 0.0514 e. The quantitative estimate of drug-likeness (QED) is 0.763. The van der Waals surface area contributed by atoms with Crippen molar-refractivity contribution in [2.24, 2.45) is 5.73 Å². The maximum absolute atomic E-state index is 6.31. The van der Waals surface area contributed by atoms with Crippen LogP contribution in [0.4, 0.5) is 0 Å². The van der Waals surface area contributed by atoms with Crippen LogP contribution in [0.25, 0.3) is 11.1 Å². The fourth-order valence-electron chi connectivity index (χ4n) is 2.72. The molecule has 0 fully saturated rings. The molecular weight excluding hydrogens is 301 g/mol. The molecule has 2 aromatic rings. The molecule has 0 aromatic heterocycles. The Morgan fingerprint density at radius 2 is 1.74 bits per heavy atom. The predicted octanol–water partition coefficient (Wildman–Crippen LogP) is 5.26. The minimum Gasteiger partial charge on any atom is -0.324 e. The van der Waals surface area contributed by atoms with Crippen LogP contribution in [0.1, 0.15) is 23.6 Å². The fourth-order valence-corrected chi connectivity index (χ4v) is 3.74. The largest absolute Gasteiger partial charge is 0.324 e. The van der Waals surface area contributed by atoms with Crippen molar-refractivity contribution in [3.05, 3.63) is 56.5 Å². The zero-order valence-electron chi connectivity index (χ0n) is 10.1. The molecule has 0 heterocycles. The molecule has 0 radical (unpaired) electrons. The van der Waals surface area contributed by atoms with E-state index in [1.165, 1.54) is 11.1 Å². The number of rotatable bonds is 1. The molecule has 0 spiro atoms. The first kappa shape index (κ1) is 13.3. The Morgan fingerprint density at radius 3 is 2.42 bits per heavy atom. The average Bonchev–Trinajstić information content (AvgIpc) is 2.71. The summed E-state index contributed by atoms with van der Waals surface area (Å²) in [6, 6.07) is 9.67. The molecule has 1 atom stereocenters. The monoisotopic (exact) mass is 311 g/mol. The van der Waals surface area contributed by atoms with Gasteiger partial charge in [0.15, 0.2) is 0 Å². The predicted molar refractivity (Wildman–Crippen MR) is 82.2 cm³/mol. The Balaban J connectivity index is 2.25. The fraction of sp³-hybridized carbons (Fsp3) is 0.200. The highest BCUT2D eigenvalue weighted by molar-refractivity contribution is 6.41. The molecule has 1 nitrogen and oxygen atoms in total. The second-order valence-corrected chi connectivity index (χ2v) is 6.01. The smallest absolute Gasteiger partial charge is 0.0514 e. The average molecular weight is 313 g/mol. The number of hydrogen-bond acceptors (Lipinski definition) is 1. The van der Waals surface area contributed by atoms with Crippen LogP contribution in [-0.2, 0) is 6.42 Å². The lowest BCUT2D eigenvalue weighted by atomic mass is 9.96. The summed E-state index contributed by atoms with van der Waals surface area (Å²) in [6.45, 7) is 0. The van der Waals surface area contributed by atoms with Crippen LogP contribution in [0.3, 0.4) is 0 Å². The summed E-state index contributed by atoms with van der Waals surface area (Å²) < 4.78 is 0. The molecule has 3 rings (SSSR count). The van der Waals surface area contributed by atoms with Gasteiger partial charge in [0.1, 0.15) is 0 Å². The van der Waals surface area contributed by atoms with Crippen molar-refractivity contribution in [1.82, 2.24) is 0 Å². The summed E-state index contributed by atoms with van der Waals surface area (Å²) in [7, 11) is 0. The highest BCUT2D eigenvalue weighted by Gasteiger charge is 2.23. The van der Waals surface area contributed by atoms with Gasteiger partial charge in [-0.1, -0.05) is 53.0 Å². The van der Waals surface area contributed by atoms with Gasteiger partial charge in [-0.15, -0.1) is 0 Å². The Labute approximate surface area is 127 Å². The molecule has 1 aliphatic carbocycles. The molecule has 98 valence electrons. The molecule has 0 aliphatic heterocycles. The van der Waals surface area contributed by atoms with Crippen LogP contribution >= 0.6 is 34.8 Å². The van der Waals surface area contributed by atoms with Gasteiger partial charge in [-0.3, -0.25) is 0 Å². The third-order valence-corrected chi connectivity index (χ3v) is 4.41. The Bertz CT molecular complexity index is 629. The summed E-state index contributed by atoms with van der Waals surface area (Å²) in [5.74, 6) is 0. The van der Waals surface area contributed by atoms with Gasteiger partial charge in [0.25, 0.3) is 0 Å². The topological polar surface area (TPSA) is 26.0 Å². The second kappa shape index (κ2) is 4.99. The van der Waals surface area contributed by atoms with Crippen molar-refractivity contribution >= 4 is 34.8 Å². The standard InChI is InChI=1S/C15H12Cl3N/c16-8-6-12(17)15(13(18)7-8)11-3-1-2-10-9(11)4-5-14(10)19/h1-3,6-7,14H,4-5,19H2. The van der Waals surface area contributed by atoms with Gasteiger partial charge in [-0.05, 0) is 41.7 Å². The van der Waals surface area contributed by atoms with E-state index in [1.54, 1.807) is 12.1 Å². The lowest BCUT2D eigenvalue weighted by Crippen LogP contribution is -2.04. The van der Waals surface area contributed by atoms with Gasteiger partial charge in [-0.2, -0.15) is 0 Å². The molecule has 0 amide bonds. The van der Waals surface area contributed by atoms with Crippen LogP contribution in [0.15, 0.2) is 30.3 Å². The molecule has 2 N–H and O–H groups in total. The summed E-state index contributed by atoms with van der Waals surface area (Å²) in [5.41, 5.74) is 10.5. The first-order valence-corrected chi connectivity index (χ1v) is 7.23. The van der Waals surface area contributed by atoms with Gasteiger partial charge in [0, 0.05) is 16.6 Å². The van der Waals surface area contributed by atoms with E-state index in [0.717, 1.165) is 24.0 Å². The molecule has 1 aliphatic rings. The number of halogens is 3. The number of nitrogens with two attached hydrogens (primary N) is 1. The van der Waals surface area contributed by atoms with E-state index in [9.17, 15) is 0 Å². The van der Waals surface area contributed by atoms with E-state index < -0.39 is 0 Å².